The van der Waals surface area contributed by atoms with Crippen LogP contribution in [0.5, 0.6) is 0 Å². The summed E-state index contributed by atoms with van der Waals surface area (Å²) in [5.74, 6) is 0.645. The van der Waals surface area contributed by atoms with Gasteiger partial charge in [-0.25, -0.2) is 0 Å². The SMILES string of the molecule is OCCc1ccc(Nc2cc(C3CCCCC3)nc3c2CCC3)cc1. The third kappa shape index (κ3) is 3.72. The fourth-order valence-electron chi connectivity index (χ4n) is 4.32. The van der Waals surface area contributed by atoms with Crippen molar-refractivity contribution in [1.29, 1.82) is 0 Å². The molecule has 2 aliphatic carbocycles. The Balaban J connectivity index is 1.60. The number of hydrogen-bond acceptors (Lipinski definition) is 3. The Morgan fingerprint density at radius 2 is 1.80 bits per heavy atom. The predicted octanol–water partition coefficient (Wildman–Crippen LogP) is 4.90. The molecule has 2 aromatic rings. The number of pyridine rings is 1. The molecule has 0 atom stereocenters. The first kappa shape index (κ1) is 16.6. The Kier molecular flexibility index (Phi) is 5.02. The maximum atomic E-state index is 9.06. The first-order valence-electron chi connectivity index (χ1n) is 9.83. The molecule has 3 heteroatoms. The van der Waals surface area contributed by atoms with E-state index in [1.165, 1.54) is 66.7 Å². The average Bonchev–Trinajstić information content (AvgIpc) is 3.13. The van der Waals surface area contributed by atoms with E-state index in [0.717, 1.165) is 24.9 Å². The zero-order chi connectivity index (χ0) is 17.1. The van der Waals surface area contributed by atoms with Gasteiger partial charge in [-0.3, -0.25) is 4.98 Å². The van der Waals surface area contributed by atoms with Gasteiger partial charge in [0, 0.05) is 35.3 Å². The van der Waals surface area contributed by atoms with E-state index in [-0.39, 0.29) is 6.61 Å². The molecule has 0 radical (unpaired) electrons. The van der Waals surface area contributed by atoms with Crippen molar-refractivity contribution in [3.8, 4) is 0 Å². The number of nitrogens with one attached hydrogen (secondary N) is 1. The van der Waals surface area contributed by atoms with Gasteiger partial charge < -0.3 is 10.4 Å². The van der Waals surface area contributed by atoms with Gasteiger partial charge >= 0.3 is 0 Å². The van der Waals surface area contributed by atoms with Gasteiger partial charge in [-0.1, -0.05) is 31.4 Å². The number of hydrogen-bond donors (Lipinski definition) is 2. The molecule has 4 rings (SSSR count). The van der Waals surface area contributed by atoms with Crippen LogP contribution in [0.2, 0.25) is 0 Å². The summed E-state index contributed by atoms with van der Waals surface area (Å²) >= 11 is 0. The van der Waals surface area contributed by atoms with Crippen molar-refractivity contribution in [3.05, 3.63) is 52.8 Å². The van der Waals surface area contributed by atoms with Crippen LogP contribution in [0.1, 0.15) is 67.0 Å². The van der Waals surface area contributed by atoms with Gasteiger partial charge in [0.25, 0.3) is 0 Å². The molecule has 1 aromatic heterocycles. The lowest BCUT2D eigenvalue weighted by Gasteiger charge is -2.23. The van der Waals surface area contributed by atoms with Crippen LogP contribution in [0.25, 0.3) is 0 Å². The van der Waals surface area contributed by atoms with Gasteiger partial charge in [-0.15, -0.1) is 0 Å². The minimum atomic E-state index is 0.204. The molecule has 2 aliphatic rings. The van der Waals surface area contributed by atoms with Crippen LogP contribution in [-0.2, 0) is 19.3 Å². The van der Waals surface area contributed by atoms with Crippen molar-refractivity contribution in [1.82, 2.24) is 4.98 Å². The lowest BCUT2D eigenvalue weighted by atomic mass is 9.86. The molecule has 3 nitrogen and oxygen atoms in total. The molecular formula is C22H28N2O. The molecular weight excluding hydrogens is 308 g/mol. The number of aryl methyl sites for hydroxylation is 1. The smallest absolute Gasteiger partial charge is 0.0471 e. The van der Waals surface area contributed by atoms with E-state index in [0.29, 0.717) is 5.92 Å². The van der Waals surface area contributed by atoms with Crippen LogP contribution in [0.3, 0.4) is 0 Å². The van der Waals surface area contributed by atoms with Crippen LogP contribution in [-0.4, -0.2) is 16.7 Å². The van der Waals surface area contributed by atoms with Crippen LogP contribution < -0.4 is 5.32 Å². The molecule has 132 valence electrons. The van der Waals surface area contributed by atoms with Crippen molar-refractivity contribution < 1.29 is 5.11 Å². The molecule has 2 N–H and O–H groups in total. The summed E-state index contributed by atoms with van der Waals surface area (Å²) in [6.07, 6.45) is 10.9. The zero-order valence-electron chi connectivity index (χ0n) is 14.9. The van der Waals surface area contributed by atoms with Gasteiger partial charge in [0.1, 0.15) is 0 Å². The van der Waals surface area contributed by atoms with E-state index in [4.69, 9.17) is 10.1 Å². The van der Waals surface area contributed by atoms with Crippen LogP contribution in [0, 0.1) is 0 Å². The Morgan fingerprint density at radius 3 is 2.56 bits per heavy atom. The van der Waals surface area contributed by atoms with E-state index >= 15 is 0 Å². The molecule has 25 heavy (non-hydrogen) atoms. The molecule has 0 bridgehead atoms. The zero-order valence-corrected chi connectivity index (χ0v) is 14.9. The molecule has 0 amide bonds. The summed E-state index contributed by atoms with van der Waals surface area (Å²) < 4.78 is 0. The normalized spacial score (nSPS) is 17.5. The van der Waals surface area contributed by atoms with Gasteiger partial charge in [0.2, 0.25) is 0 Å². The Hall–Kier alpha value is -1.87. The summed E-state index contributed by atoms with van der Waals surface area (Å²) in [6.45, 7) is 0.204. The van der Waals surface area contributed by atoms with Gasteiger partial charge in [0.15, 0.2) is 0 Å². The lowest BCUT2D eigenvalue weighted by molar-refractivity contribution is 0.299. The summed E-state index contributed by atoms with van der Waals surface area (Å²) in [5.41, 5.74) is 7.60. The van der Waals surface area contributed by atoms with E-state index in [9.17, 15) is 0 Å². The molecule has 1 fully saturated rings. The van der Waals surface area contributed by atoms with Crippen molar-refractivity contribution in [2.24, 2.45) is 0 Å². The van der Waals surface area contributed by atoms with Crippen LogP contribution in [0.4, 0.5) is 11.4 Å². The molecule has 0 spiro atoms. The highest BCUT2D eigenvalue weighted by molar-refractivity contribution is 5.65. The highest BCUT2D eigenvalue weighted by Crippen LogP contribution is 2.37. The minimum absolute atomic E-state index is 0.204. The number of anilines is 2. The van der Waals surface area contributed by atoms with E-state index in [2.05, 4.69) is 35.6 Å². The van der Waals surface area contributed by atoms with E-state index in [1.54, 1.807) is 0 Å². The quantitative estimate of drug-likeness (QED) is 0.816. The third-order valence-electron chi connectivity index (χ3n) is 5.73. The second-order valence-electron chi connectivity index (χ2n) is 7.50. The van der Waals surface area contributed by atoms with Crippen molar-refractivity contribution in [2.45, 2.75) is 63.7 Å². The Labute approximate surface area is 150 Å². The summed E-state index contributed by atoms with van der Waals surface area (Å²) in [7, 11) is 0. The van der Waals surface area contributed by atoms with Crippen molar-refractivity contribution in [2.75, 3.05) is 11.9 Å². The third-order valence-corrected chi connectivity index (χ3v) is 5.73. The number of nitrogens with zero attached hydrogens (tertiary/aromatic N) is 1. The highest BCUT2D eigenvalue weighted by atomic mass is 16.2. The molecule has 1 heterocycles. The van der Waals surface area contributed by atoms with Gasteiger partial charge in [0.05, 0.1) is 0 Å². The maximum Gasteiger partial charge on any atom is 0.0471 e. The monoisotopic (exact) mass is 336 g/mol. The van der Waals surface area contributed by atoms with Gasteiger partial charge in [-0.05, 0) is 67.9 Å². The largest absolute Gasteiger partial charge is 0.396 e. The fraction of sp³-hybridized carbons (Fsp3) is 0.500. The lowest BCUT2D eigenvalue weighted by Crippen LogP contribution is -2.09. The van der Waals surface area contributed by atoms with Gasteiger partial charge in [-0.2, -0.15) is 0 Å². The van der Waals surface area contributed by atoms with E-state index < -0.39 is 0 Å². The molecule has 1 saturated carbocycles. The van der Waals surface area contributed by atoms with Crippen LogP contribution >= 0.6 is 0 Å². The molecule has 0 aliphatic heterocycles. The topological polar surface area (TPSA) is 45.1 Å². The first-order chi connectivity index (χ1) is 12.3. The number of aliphatic hydroxyl groups is 1. The number of aliphatic hydroxyl groups excluding tert-OH is 1. The molecule has 0 saturated heterocycles. The Morgan fingerprint density at radius 1 is 1.00 bits per heavy atom. The first-order valence-corrected chi connectivity index (χ1v) is 9.83. The van der Waals surface area contributed by atoms with Crippen molar-refractivity contribution >= 4 is 11.4 Å². The Bertz CT molecular complexity index is 718. The fourth-order valence-corrected chi connectivity index (χ4v) is 4.32. The summed E-state index contributed by atoms with van der Waals surface area (Å²) in [6, 6.07) is 10.8. The molecule has 0 unspecified atom stereocenters. The summed E-state index contributed by atoms with van der Waals surface area (Å²) in [5, 5.41) is 12.7. The number of benzene rings is 1. The second kappa shape index (κ2) is 7.57. The van der Waals surface area contributed by atoms with Crippen molar-refractivity contribution in [3.63, 3.8) is 0 Å². The standard InChI is InChI=1S/C22H28N2O/c25-14-13-16-9-11-18(12-10-16)23-22-15-21(17-5-2-1-3-6-17)24-20-8-4-7-19(20)22/h9-12,15,17,25H,1-8,13-14H2,(H,23,24). The predicted molar refractivity (Wildman–Crippen MR) is 103 cm³/mol. The highest BCUT2D eigenvalue weighted by Gasteiger charge is 2.23. The number of aromatic nitrogens is 1. The number of rotatable bonds is 5. The van der Waals surface area contributed by atoms with E-state index in [1.807, 2.05) is 0 Å². The minimum Gasteiger partial charge on any atom is -0.396 e. The maximum absolute atomic E-state index is 9.06. The summed E-state index contributed by atoms with van der Waals surface area (Å²) in [4.78, 5) is 5.05. The van der Waals surface area contributed by atoms with Crippen LogP contribution in [0.15, 0.2) is 30.3 Å². The molecule has 1 aromatic carbocycles. The average molecular weight is 336 g/mol. The second-order valence-corrected chi connectivity index (χ2v) is 7.50. The number of fused-ring (bicyclic) bond motifs is 1.